The van der Waals surface area contributed by atoms with Gasteiger partial charge in [0.1, 0.15) is 5.69 Å². The summed E-state index contributed by atoms with van der Waals surface area (Å²) in [5.41, 5.74) is 8.55. The first-order valence-corrected chi connectivity index (χ1v) is 13.0. The summed E-state index contributed by atoms with van der Waals surface area (Å²) in [7, 11) is -3.41. The molecule has 1 N–H and O–H groups in total. The van der Waals surface area contributed by atoms with Gasteiger partial charge in [-0.25, -0.2) is 8.42 Å². The average molecular weight is 462 g/mol. The quantitative estimate of drug-likeness (QED) is 0.569. The van der Waals surface area contributed by atoms with E-state index in [0.717, 1.165) is 64.0 Å². The Morgan fingerprint density at radius 1 is 1.00 bits per heavy atom. The van der Waals surface area contributed by atoms with Gasteiger partial charge in [0.2, 0.25) is 0 Å². The summed E-state index contributed by atoms with van der Waals surface area (Å²) in [4.78, 5) is 18.9. The summed E-state index contributed by atoms with van der Waals surface area (Å²) < 4.78 is 25.2. The minimum absolute atomic E-state index is 0.317. The maximum atomic E-state index is 12.6. The second-order valence-electron chi connectivity index (χ2n) is 9.12. The van der Waals surface area contributed by atoms with Crippen LogP contribution in [0.2, 0.25) is 0 Å². The highest BCUT2D eigenvalue weighted by Crippen LogP contribution is 2.43. The SMILES string of the molecule is CC1=Nc2c(Nc3ccc(C4CC4)cc3S(C)(=O)=O)cc(Cc3cnc(C)c(C)n3)nc2C1. The highest BCUT2D eigenvalue weighted by atomic mass is 32.2. The normalized spacial score (nSPS) is 15.3. The number of rotatable bonds is 6. The van der Waals surface area contributed by atoms with E-state index in [-0.39, 0.29) is 0 Å². The van der Waals surface area contributed by atoms with Gasteiger partial charge in [-0.05, 0) is 63.3 Å². The molecule has 7 nitrogen and oxygen atoms in total. The fraction of sp³-hybridized carbons (Fsp3) is 0.360. The minimum Gasteiger partial charge on any atom is -0.353 e. The first-order valence-electron chi connectivity index (χ1n) is 11.1. The lowest BCUT2D eigenvalue weighted by molar-refractivity contribution is 0.602. The van der Waals surface area contributed by atoms with Crippen LogP contribution in [0.4, 0.5) is 17.1 Å². The van der Waals surface area contributed by atoms with Gasteiger partial charge in [0, 0.05) is 36.7 Å². The summed E-state index contributed by atoms with van der Waals surface area (Å²) in [5, 5.41) is 3.37. The molecule has 8 heteroatoms. The van der Waals surface area contributed by atoms with Crippen molar-refractivity contribution in [2.75, 3.05) is 11.6 Å². The molecule has 1 aromatic carbocycles. The fourth-order valence-corrected chi connectivity index (χ4v) is 5.05. The van der Waals surface area contributed by atoms with E-state index in [9.17, 15) is 8.42 Å². The lowest BCUT2D eigenvalue weighted by Gasteiger charge is -2.16. The lowest BCUT2D eigenvalue weighted by Crippen LogP contribution is -2.06. The Morgan fingerprint density at radius 2 is 1.79 bits per heavy atom. The minimum atomic E-state index is -3.41. The first kappa shape index (κ1) is 21.7. The molecule has 0 unspecified atom stereocenters. The summed E-state index contributed by atoms with van der Waals surface area (Å²) in [6.45, 7) is 5.87. The van der Waals surface area contributed by atoms with Gasteiger partial charge in [0.25, 0.3) is 0 Å². The molecule has 3 aromatic rings. The van der Waals surface area contributed by atoms with Gasteiger partial charge in [-0.3, -0.25) is 19.9 Å². The van der Waals surface area contributed by atoms with Crippen LogP contribution < -0.4 is 5.32 Å². The van der Waals surface area contributed by atoms with Crippen molar-refractivity contribution in [3.05, 3.63) is 64.5 Å². The second-order valence-corrected chi connectivity index (χ2v) is 11.1. The maximum absolute atomic E-state index is 12.6. The van der Waals surface area contributed by atoms with Gasteiger partial charge in [-0.1, -0.05) is 6.07 Å². The van der Waals surface area contributed by atoms with E-state index in [1.54, 1.807) is 6.20 Å². The van der Waals surface area contributed by atoms with E-state index < -0.39 is 9.84 Å². The monoisotopic (exact) mass is 461 g/mol. The molecule has 2 aliphatic rings. The molecule has 1 aliphatic carbocycles. The standard InChI is InChI=1S/C25H27N5O2S/c1-14-9-22-25(27-14)23(12-19(29-22)11-20-13-26-15(2)16(3)28-20)30-21-8-7-18(17-5-6-17)10-24(21)33(4,31)32/h7-8,10,12-13,17H,5-6,9,11H2,1-4H3,(H,29,30). The van der Waals surface area contributed by atoms with Crippen molar-refractivity contribution >= 4 is 32.6 Å². The summed E-state index contributed by atoms with van der Waals surface area (Å²) >= 11 is 0. The number of fused-ring (bicyclic) bond motifs is 1. The number of sulfone groups is 1. The van der Waals surface area contributed by atoms with Crippen molar-refractivity contribution in [2.45, 2.75) is 57.3 Å². The third kappa shape index (κ3) is 4.53. The molecule has 3 heterocycles. The van der Waals surface area contributed by atoms with Crippen molar-refractivity contribution in [2.24, 2.45) is 4.99 Å². The summed E-state index contributed by atoms with van der Waals surface area (Å²) in [6, 6.07) is 7.66. The van der Waals surface area contributed by atoms with Crippen LogP contribution in [-0.2, 0) is 22.7 Å². The Balaban J connectivity index is 1.54. The summed E-state index contributed by atoms with van der Waals surface area (Å²) in [6.07, 6.45) is 6.49. The van der Waals surface area contributed by atoms with Gasteiger partial charge in [-0.15, -0.1) is 0 Å². The zero-order valence-electron chi connectivity index (χ0n) is 19.3. The number of hydrogen-bond acceptors (Lipinski definition) is 7. The van der Waals surface area contributed by atoms with Gasteiger partial charge in [-0.2, -0.15) is 0 Å². The average Bonchev–Trinajstić information content (AvgIpc) is 3.52. The van der Waals surface area contributed by atoms with Crippen molar-refractivity contribution in [3.63, 3.8) is 0 Å². The van der Waals surface area contributed by atoms with Crippen molar-refractivity contribution in [1.29, 1.82) is 0 Å². The first-order chi connectivity index (χ1) is 15.7. The molecule has 33 heavy (non-hydrogen) atoms. The van der Waals surface area contributed by atoms with Gasteiger partial charge in [0.15, 0.2) is 9.84 Å². The van der Waals surface area contributed by atoms with E-state index in [4.69, 9.17) is 4.98 Å². The maximum Gasteiger partial charge on any atom is 0.177 e. The predicted molar refractivity (Wildman–Crippen MR) is 130 cm³/mol. The molecule has 1 aliphatic heterocycles. The molecule has 0 atom stereocenters. The molecule has 0 saturated heterocycles. The van der Waals surface area contributed by atoms with E-state index in [2.05, 4.69) is 20.3 Å². The van der Waals surface area contributed by atoms with Crippen LogP contribution in [0.25, 0.3) is 0 Å². The number of anilines is 2. The largest absolute Gasteiger partial charge is 0.353 e. The zero-order chi connectivity index (χ0) is 23.3. The number of aliphatic imine (C=N–C) groups is 1. The number of pyridine rings is 1. The number of nitrogens with one attached hydrogen (secondary N) is 1. The van der Waals surface area contributed by atoms with Crippen LogP contribution in [0.3, 0.4) is 0 Å². The van der Waals surface area contributed by atoms with Crippen LogP contribution in [0.5, 0.6) is 0 Å². The van der Waals surface area contributed by atoms with E-state index in [1.165, 1.54) is 6.26 Å². The topological polar surface area (TPSA) is 97.2 Å². The number of aryl methyl sites for hydroxylation is 2. The van der Waals surface area contributed by atoms with E-state index >= 15 is 0 Å². The number of nitrogens with zero attached hydrogens (tertiary/aromatic N) is 4. The Hall–Kier alpha value is -3.13. The number of aromatic nitrogens is 3. The number of hydrogen-bond donors (Lipinski definition) is 1. The predicted octanol–water partition coefficient (Wildman–Crippen LogP) is 4.75. The zero-order valence-corrected chi connectivity index (χ0v) is 20.1. The van der Waals surface area contributed by atoms with Gasteiger partial charge >= 0.3 is 0 Å². The summed E-state index contributed by atoms with van der Waals surface area (Å²) in [5.74, 6) is 0.475. The molecule has 0 amide bonds. The Morgan fingerprint density at radius 3 is 2.48 bits per heavy atom. The van der Waals surface area contributed by atoms with E-state index in [1.807, 2.05) is 45.0 Å². The molecule has 170 valence electrons. The van der Waals surface area contributed by atoms with Crippen LogP contribution in [-0.4, -0.2) is 35.3 Å². The van der Waals surface area contributed by atoms with Crippen molar-refractivity contribution < 1.29 is 8.42 Å². The molecule has 2 aromatic heterocycles. The van der Waals surface area contributed by atoms with Crippen LogP contribution in [0.15, 0.2) is 40.4 Å². The molecule has 0 radical (unpaired) electrons. The smallest absolute Gasteiger partial charge is 0.177 e. The Kier molecular flexibility index (Phi) is 5.28. The second kappa shape index (κ2) is 8.02. The molecule has 5 rings (SSSR count). The molecular weight excluding hydrogens is 434 g/mol. The molecule has 0 spiro atoms. The van der Waals surface area contributed by atoms with Gasteiger partial charge < -0.3 is 5.32 Å². The van der Waals surface area contributed by atoms with Crippen LogP contribution in [0.1, 0.15) is 59.7 Å². The van der Waals surface area contributed by atoms with Crippen molar-refractivity contribution in [1.82, 2.24) is 15.0 Å². The third-order valence-corrected chi connectivity index (χ3v) is 7.31. The molecule has 1 saturated carbocycles. The molecule has 0 bridgehead atoms. The van der Waals surface area contributed by atoms with Gasteiger partial charge in [0.05, 0.1) is 39.0 Å². The van der Waals surface area contributed by atoms with Crippen LogP contribution >= 0.6 is 0 Å². The Bertz CT molecular complexity index is 1410. The molecular formula is C25H27N5O2S. The third-order valence-electron chi connectivity index (χ3n) is 6.17. The lowest BCUT2D eigenvalue weighted by atomic mass is 10.1. The molecule has 1 fully saturated rings. The Labute approximate surface area is 194 Å². The fourth-order valence-electron chi connectivity index (χ4n) is 4.18. The van der Waals surface area contributed by atoms with E-state index in [0.29, 0.717) is 29.3 Å². The highest BCUT2D eigenvalue weighted by Gasteiger charge is 2.26. The van der Waals surface area contributed by atoms with Crippen LogP contribution in [0, 0.1) is 13.8 Å². The highest BCUT2D eigenvalue weighted by molar-refractivity contribution is 7.90. The van der Waals surface area contributed by atoms with Crippen molar-refractivity contribution in [3.8, 4) is 0 Å². The number of benzene rings is 1.